The summed E-state index contributed by atoms with van der Waals surface area (Å²) in [4.78, 5) is 28.2. The average Bonchev–Trinajstić information content (AvgIpc) is 2.75. The van der Waals surface area contributed by atoms with Gasteiger partial charge in [0.15, 0.2) is 0 Å². The van der Waals surface area contributed by atoms with Crippen molar-refractivity contribution in [2.24, 2.45) is 11.7 Å². The molecule has 3 rings (SSSR count). The van der Waals surface area contributed by atoms with E-state index in [-0.39, 0.29) is 23.1 Å². The lowest BCUT2D eigenvalue weighted by atomic mass is 9.99. The molecule has 10 heteroatoms. The van der Waals surface area contributed by atoms with Crippen molar-refractivity contribution in [2.45, 2.75) is 37.7 Å². The maximum atomic E-state index is 13.0. The van der Waals surface area contributed by atoms with Gasteiger partial charge in [-0.15, -0.1) is 0 Å². The van der Waals surface area contributed by atoms with E-state index in [2.05, 4.69) is 10.3 Å². The van der Waals surface area contributed by atoms with Gasteiger partial charge in [-0.2, -0.15) is 4.31 Å². The number of benzene rings is 1. The zero-order valence-electron chi connectivity index (χ0n) is 17.4. The topological polar surface area (TPSA) is 132 Å². The van der Waals surface area contributed by atoms with E-state index in [4.69, 9.17) is 10.5 Å². The van der Waals surface area contributed by atoms with Crippen molar-refractivity contribution in [2.75, 3.05) is 18.4 Å². The zero-order chi connectivity index (χ0) is 22.6. The Balaban J connectivity index is 1.74. The normalized spacial score (nSPS) is 17.3. The van der Waals surface area contributed by atoms with E-state index >= 15 is 0 Å². The monoisotopic (exact) mass is 446 g/mol. The summed E-state index contributed by atoms with van der Waals surface area (Å²) in [6.45, 7) is 4.14. The minimum atomic E-state index is -3.86. The number of anilines is 1. The van der Waals surface area contributed by atoms with Gasteiger partial charge in [-0.05, 0) is 57.0 Å². The van der Waals surface area contributed by atoms with Crippen molar-refractivity contribution in [3.63, 3.8) is 0 Å². The Bertz CT molecular complexity index is 1050. The van der Waals surface area contributed by atoms with Crippen molar-refractivity contribution >= 4 is 27.7 Å². The molecule has 1 atom stereocenters. The van der Waals surface area contributed by atoms with Crippen LogP contribution in [-0.2, 0) is 14.8 Å². The van der Waals surface area contributed by atoms with Crippen molar-refractivity contribution < 1.29 is 22.7 Å². The first-order valence-electron chi connectivity index (χ1n) is 10.0. The molecule has 0 unspecified atom stereocenters. The first-order valence-corrected chi connectivity index (χ1v) is 11.4. The molecule has 2 aromatic rings. The van der Waals surface area contributed by atoms with Crippen molar-refractivity contribution in [3.8, 4) is 5.75 Å². The molecular weight excluding hydrogens is 420 g/mol. The van der Waals surface area contributed by atoms with Crippen LogP contribution in [0.3, 0.4) is 0 Å². The summed E-state index contributed by atoms with van der Waals surface area (Å²) in [6.07, 6.45) is 2.62. The molecule has 1 saturated heterocycles. The number of pyridine rings is 1. The number of aromatic nitrogens is 1. The van der Waals surface area contributed by atoms with E-state index in [0.717, 1.165) is 0 Å². The first-order chi connectivity index (χ1) is 14.7. The highest BCUT2D eigenvalue weighted by atomic mass is 32.2. The maximum Gasteiger partial charge on any atom is 0.256 e. The molecular formula is C21H26N4O5S. The Labute approximate surface area is 181 Å². The van der Waals surface area contributed by atoms with E-state index < -0.39 is 27.8 Å². The lowest BCUT2D eigenvalue weighted by Crippen LogP contribution is -2.44. The van der Waals surface area contributed by atoms with Crippen LogP contribution in [0.5, 0.6) is 5.75 Å². The second-order valence-corrected chi connectivity index (χ2v) is 9.57. The quantitative estimate of drug-likeness (QED) is 0.669. The molecule has 3 N–H and O–H groups in total. The smallest absolute Gasteiger partial charge is 0.256 e. The number of nitrogens with zero attached hydrogens (tertiary/aromatic N) is 2. The van der Waals surface area contributed by atoms with Crippen LogP contribution in [0.2, 0.25) is 0 Å². The van der Waals surface area contributed by atoms with Gasteiger partial charge in [0.1, 0.15) is 11.6 Å². The van der Waals surface area contributed by atoms with Gasteiger partial charge in [0, 0.05) is 18.7 Å². The Morgan fingerprint density at radius 3 is 2.68 bits per heavy atom. The van der Waals surface area contributed by atoms with E-state index in [1.807, 2.05) is 13.8 Å². The van der Waals surface area contributed by atoms with Crippen LogP contribution in [0, 0.1) is 5.92 Å². The molecule has 1 aliphatic rings. The zero-order valence-corrected chi connectivity index (χ0v) is 18.3. The number of amides is 2. The van der Waals surface area contributed by atoms with E-state index in [1.165, 1.54) is 34.8 Å². The summed E-state index contributed by atoms with van der Waals surface area (Å²) in [5.41, 5.74) is 5.53. The van der Waals surface area contributed by atoms with Crippen molar-refractivity contribution in [1.29, 1.82) is 0 Å². The second kappa shape index (κ2) is 9.44. The number of primary amides is 1. The Morgan fingerprint density at radius 2 is 2.03 bits per heavy atom. The van der Waals surface area contributed by atoms with Crippen LogP contribution < -0.4 is 15.8 Å². The lowest BCUT2D eigenvalue weighted by molar-refractivity contribution is -0.122. The van der Waals surface area contributed by atoms with E-state index in [1.54, 1.807) is 12.1 Å². The fourth-order valence-corrected chi connectivity index (χ4v) is 4.89. The van der Waals surface area contributed by atoms with Crippen LogP contribution in [0.4, 0.5) is 5.82 Å². The minimum absolute atomic E-state index is 0.00471. The number of nitrogens with two attached hydrogens (primary N) is 1. The largest absolute Gasteiger partial charge is 0.489 e. The molecule has 1 aromatic heterocycles. The summed E-state index contributed by atoms with van der Waals surface area (Å²) in [6, 6.07) is 9.06. The van der Waals surface area contributed by atoms with Gasteiger partial charge in [0.25, 0.3) is 5.91 Å². The molecule has 1 fully saturated rings. The Hall–Kier alpha value is -2.98. The standard InChI is InChI=1S/C21H26N4O5S/c1-14(2)30-17-8-9-19(23-12-17)24-21(27)15-5-3-7-18(11-15)31(28,29)25-10-4-6-16(13-25)20(22)26/h3,5,7-9,11-12,14,16H,4,6,10,13H2,1-2H3,(H2,22,26)(H,23,24,27)/t16-/m0/s1. The van der Waals surface area contributed by atoms with Gasteiger partial charge >= 0.3 is 0 Å². The van der Waals surface area contributed by atoms with Gasteiger partial charge in [-0.3, -0.25) is 9.59 Å². The van der Waals surface area contributed by atoms with E-state index in [9.17, 15) is 18.0 Å². The summed E-state index contributed by atoms with van der Waals surface area (Å²) < 4.78 is 32.8. The van der Waals surface area contributed by atoms with Crippen molar-refractivity contribution in [1.82, 2.24) is 9.29 Å². The van der Waals surface area contributed by atoms with E-state index in [0.29, 0.717) is 31.0 Å². The number of hydrogen-bond donors (Lipinski definition) is 2. The van der Waals surface area contributed by atoms with Gasteiger partial charge in [-0.25, -0.2) is 13.4 Å². The molecule has 2 amide bonds. The molecule has 166 valence electrons. The molecule has 1 aromatic carbocycles. The number of rotatable bonds is 7. The predicted molar refractivity (Wildman–Crippen MR) is 115 cm³/mol. The number of hydrogen-bond acceptors (Lipinski definition) is 6. The third kappa shape index (κ3) is 5.59. The van der Waals surface area contributed by atoms with Gasteiger partial charge in [0.05, 0.1) is 23.1 Å². The lowest BCUT2D eigenvalue weighted by Gasteiger charge is -2.30. The number of ether oxygens (including phenoxy) is 1. The molecule has 0 spiro atoms. The van der Waals surface area contributed by atoms with Crippen LogP contribution >= 0.6 is 0 Å². The maximum absolute atomic E-state index is 13.0. The molecule has 1 aliphatic heterocycles. The fraction of sp³-hybridized carbons (Fsp3) is 0.381. The Morgan fingerprint density at radius 1 is 1.26 bits per heavy atom. The third-order valence-electron chi connectivity index (χ3n) is 4.87. The first kappa shape index (κ1) is 22.7. The predicted octanol–water partition coefficient (Wildman–Crippen LogP) is 2.01. The van der Waals surface area contributed by atoms with Gasteiger partial charge < -0.3 is 15.8 Å². The number of piperidine rings is 1. The Kier molecular flexibility index (Phi) is 6.91. The van der Waals surface area contributed by atoms with Crippen LogP contribution in [0.15, 0.2) is 47.5 Å². The average molecular weight is 447 g/mol. The molecule has 31 heavy (non-hydrogen) atoms. The molecule has 2 heterocycles. The third-order valence-corrected chi connectivity index (χ3v) is 6.73. The fourth-order valence-electron chi connectivity index (χ4n) is 3.32. The highest BCUT2D eigenvalue weighted by Gasteiger charge is 2.32. The van der Waals surface area contributed by atoms with Gasteiger partial charge in [0.2, 0.25) is 15.9 Å². The molecule has 0 aliphatic carbocycles. The summed E-state index contributed by atoms with van der Waals surface area (Å²) in [5, 5.41) is 2.64. The number of sulfonamides is 1. The van der Waals surface area contributed by atoms with Gasteiger partial charge in [-0.1, -0.05) is 6.07 Å². The second-order valence-electron chi connectivity index (χ2n) is 7.63. The molecule has 0 radical (unpaired) electrons. The molecule has 9 nitrogen and oxygen atoms in total. The summed E-state index contributed by atoms with van der Waals surface area (Å²) >= 11 is 0. The highest BCUT2D eigenvalue weighted by molar-refractivity contribution is 7.89. The number of nitrogens with one attached hydrogen (secondary N) is 1. The number of carbonyl (C=O) groups excluding carboxylic acids is 2. The summed E-state index contributed by atoms with van der Waals surface area (Å²) in [7, 11) is -3.86. The minimum Gasteiger partial charge on any atom is -0.489 e. The summed E-state index contributed by atoms with van der Waals surface area (Å²) in [5.74, 6) is -0.614. The molecule has 0 bridgehead atoms. The van der Waals surface area contributed by atoms with Crippen LogP contribution in [0.25, 0.3) is 0 Å². The van der Waals surface area contributed by atoms with Crippen LogP contribution in [0.1, 0.15) is 37.0 Å². The number of carbonyl (C=O) groups is 2. The van der Waals surface area contributed by atoms with Crippen LogP contribution in [-0.4, -0.2) is 48.7 Å². The van der Waals surface area contributed by atoms with Crippen molar-refractivity contribution in [3.05, 3.63) is 48.2 Å². The SMILES string of the molecule is CC(C)Oc1ccc(NC(=O)c2cccc(S(=O)(=O)N3CCC[C@H](C(N)=O)C3)c2)nc1. The molecule has 0 saturated carbocycles. The highest BCUT2D eigenvalue weighted by Crippen LogP contribution is 2.24.